The first-order valence-corrected chi connectivity index (χ1v) is 12.7. The van der Waals surface area contributed by atoms with Crippen molar-refractivity contribution in [1.29, 1.82) is 0 Å². The van der Waals surface area contributed by atoms with Gasteiger partial charge in [-0.2, -0.15) is 5.10 Å². The Labute approximate surface area is 197 Å². The summed E-state index contributed by atoms with van der Waals surface area (Å²) in [5.74, 6) is 0.229. The Kier molecular flexibility index (Phi) is 6.03. The van der Waals surface area contributed by atoms with Crippen LogP contribution in [0.3, 0.4) is 0 Å². The Morgan fingerprint density at radius 3 is 2.82 bits per heavy atom. The minimum atomic E-state index is -1.13. The highest BCUT2D eigenvalue weighted by atomic mass is 32.2. The number of nitrogens with one attached hydrogen (secondary N) is 1. The number of rotatable bonds is 5. The Hall–Kier alpha value is -2.61. The Morgan fingerprint density at radius 2 is 2.09 bits per heavy atom. The van der Waals surface area contributed by atoms with E-state index in [1.165, 1.54) is 18.6 Å². The van der Waals surface area contributed by atoms with Crippen molar-refractivity contribution in [2.24, 2.45) is 0 Å². The van der Waals surface area contributed by atoms with Crippen LogP contribution in [0, 0.1) is 5.82 Å². The van der Waals surface area contributed by atoms with E-state index in [-0.39, 0.29) is 36.8 Å². The number of carbonyl (C=O) groups excluding carboxylic acids is 2. The van der Waals surface area contributed by atoms with Crippen LogP contribution >= 0.6 is 11.8 Å². The molecule has 0 bridgehead atoms. The maximum Gasteiger partial charge on any atom is 0.273 e. The average Bonchev–Trinajstić information content (AvgIpc) is 3.47. The van der Waals surface area contributed by atoms with Gasteiger partial charge < -0.3 is 10.2 Å². The number of nitrogens with zero attached hydrogens (tertiary/aromatic N) is 3. The number of carbonyl (C=O) groups is 2. The SMILES string of the molecule is CC1(C(=O)NC2CCCCC2)Cn2nc(C3=CCCS3)cc2C(=O)N1Cc1cccc(F)c1. The van der Waals surface area contributed by atoms with Gasteiger partial charge >= 0.3 is 0 Å². The van der Waals surface area contributed by atoms with E-state index in [2.05, 4.69) is 11.4 Å². The van der Waals surface area contributed by atoms with E-state index in [0.29, 0.717) is 11.3 Å². The molecule has 2 aromatic rings. The predicted molar refractivity (Wildman–Crippen MR) is 127 cm³/mol. The van der Waals surface area contributed by atoms with Crippen molar-refractivity contribution < 1.29 is 14.0 Å². The second-order valence-electron chi connectivity index (χ2n) is 9.38. The van der Waals surface area contributed by atoms with E-state index < -0.39 is 5.54 Å². The maximum absolute atomic E-state index is 13.9. The van der Waals surface area contributed by atoms with Crippen LogP contribution in [0.25, 0.3) is 4.91 Å². The van der Waals surface area contributed by atoms with Gasteiger partial charge in [0.25, 0.3) is 5.91 Å². The largest absolute Gasteiger partial charge is 0.351 e. The number of aromatic nitrogens is 2. The van der Waals surface area contributed by atoms with Gasteiger partial charge in [0, 0.05) is 23.2 Å². The minimum Gasteiger partial charge on any atom is -0.351 e. The molecule has 3 aliphatic rings. The summed E-state index contributed by atoms with van der Waals surface area (Å²) in [6.45, 7) is 2.22. The molecule has 1 unspecified atom stereocenters. The molecule has 1 aliphatic carbocycles. The van der Waals surface area contributed by atoms with E-state index in [1.807, 2.05) is 6.07 Å². The van der Waals surface area contributed by atoms with Crippen molar-refractivity contribution in [3.63, 3.8) is 0 Å². The molecule has 6 nitrogen and oxygen atoms in total. The fourth-order valence-corrected chi connectivity index (χ4v) is 5.95. The van der Waals surface area contributed by atoms with Gasteiger partial charge in [-0.15, -0.1) is 11.8 Å². The lowest BCUT2D eigenvalue weighted by Crippen LogP contribution is -2.64. The first-order valence-electron chi connectivity index (χ1n) is 11.7. The van der Waals surface area contributed by atoms with Crippen molar-refractivity contribution in [1.82, 2.24) is 20.0 Å². The van der Waals surface area contributed by atoms with Crippen LogP contribution < -0.4 is 5.32 Å². The molecule has 1 atom stereocenters. The summed E-state index contributed by atoms with van der Waals surface area (Å²) in [6, 6.07) is 8.17. The van der Waals surface area contributed by atoms with Crippen LogP contribution in [0.5, 0.6) is 0 Å². The van der Waals surface area contributed by atoms with Gasteiger partial charge in [0.1, 0.15) is 17.1 Å². The summed E-state index contributed by atoms with van der Waals surface area (Å²) in [4.78, 5) is 30.0. The topological polar surface area (TPSA) is 67.2 Å². The molecular weight excluding hydrogens is 439 g/mol. The molecule has 1 fully saturated rings. The summed E-state index contributed by atoms with van der Waals surface area (Å²) in [6.07, 6.45) is 8.46. The second-order valence-corrected chi connectivity index (χ2v) is 10.5. The van der Waals surface area contributed by atoms with Gasteiger partial charge in [-0.05, 0) is 49.9 Å². The van der Waals surface area contributed by atoms with Crippen LogP contribution in [0.2, 0.25) is 0 Å². The van der Waals surface area contributed by atoms with E-state index >= 15 is 0 Å². The quantitative estimate of drug-likeness (QED) is 0.708. The molecule has 1 saturated carbocycles. The molecule has 174 valence electrons. The highest BCUT2D eigenvalue weighted by Gasteiger charge is 2.48. The van der Waals surface area contributed by atoms with E-state index in [9.17, 15) is 14.0 Å². The van der Waals surface area contributed by atoms with Crippen molar-refractivity contribution in [2.75, 3.05) is 5.75 Å². The van der Waals surface area contributed by atoms with Crippen LogP contribution in [0.15, 0.2) is 36.4 Å². The number of amides is 2. The number of hydrogen-bond donors (Lipinski definition) is 1. The fraction of sp³-hybridized carbons (Fsp3) is 0.480. The van der Waals surface area contributed by atoms with Gasteiger partial charge in [-0.1, -0.05) is 37.5 Å². The van der Waals surface area contributed by atoms with Crippen molar-refractivity contribution >= 4 is 28.5 Å². The van der Waals surface area contributed by atoms with Gasteiger partial charge in [-0.25, -0.2) is 4.39 Å². The molecule has 0 spiro atoms. The van der Waals surface area contributed by atoms with E-state index in [1.54, 1.807) is 40.4 Å². The normalized spacial score (nSPS) is 23.4. The third kappa shape index (κ3) is 4.33. The van der Waals surface area contributed by atoms with Crippen molar-refractivity contribution in [2.45, 2.75) is 70.1 Å². The number of thioether (sulfide) groups is 1. The Bertz CT molecular complexity index is 1110. The summed E-state index contributed by atoms with van der Waals surface area (Å²) in [5, 5.41) is 7.91. The molecule has 1 N–H and O–H groups in total. The minimum absolute atomic E-state index is 0.129. The molecule has 2 amide bonds. The highest BCUT2D eigenvalue weighted by molar-refractivity contribution is 8.08. The summed E-state index contributed by atoms with van der Waals surface area (Å²) >= 11 is 1.73. The van der Waals surface area contributed by atoms with Crippen LogP contribution in [-0.4, -0.2) is 43.8 Å². The van der Waals surface area contributed by atoms with Gasteiger partial charge in [0.15, 0.2) is 0 Å². The lowest BCUT2D eigenvalue weighted by Gasteiger charge is -2.44. The van der Waals surface area contributed by atoms with E-state index in [0.717, 1.165) is 48.5 Å². The number of fused-ring (bicyclic) bond motifs is 1. The second kappa shape index (κ2) is 8.97. The third-order valence-electron chi connectivity index (χ3n) is 6.91. The molecule has 1 aromatic carbocycles. The molecule has 8 heteroatoms. The first kappa shape index (κ1) is 22.2. The van der Waals surface area contributed by atoms with Crippen LogP contribution in [-0.2, 0) is 17.9 Å². The molecule has 3 heterocycles. The zero-order chi connectivity index (χ0) is 23.0. The zero-order valence-corrected chi connectivity index (χ0v) is 19.7. The number of allylic oxidation sites excluding steroid dienone is 1. The summed E-state index contributed by atoms with van der Waals surface area (Å²) in [5.41, 5.74) is 0.775. The Morgan fingerprint density at radius 1 is 1.27 bits per heavy atom. The number of hydrogen-bond acceptors (Lipinski definition) is 4. The zero-order valence-electron chi connectivity index (χ0n) is 18.8. The molecule has 0 saturated heterocycles. The van der Waals surface area contributed by atoms with Crippen molar-refractivity contribution in [3.05, 3.63) is 59.2 Å². The van der Waals surface area contributed by atoms with Gasteiger partial charge in [0.2, 0.25) is 5.91 Å². The van der Waals surface area contributed by atoms with Gasteiger partial charge in [-0.3, -0.25) is 14.3 Å². The molecule has 0 radical (unpaired) electrons. The number of benzene rings is 1. The first-order chi connectivity index (χ1) is 15.9. The average molecular weight is 469 g/mol. The molecular formula is C25H29FN4O2S. The maximum atomic E-state index is 13.9. The smallest absolute Gasteiger partial charge is 0.273 e. The molecule has 5 rings (SSSR count). The van der Waals surface area contributed by atoms with Crippen LogP contribution in [0.4, 0.5) is 4.39 Å². The number of halogens is 1. The lowest BCUT2D eigenvalue weighted by atomic mass is 9.91. The predicted octanol–water partition coefficient (Wildman–Crippen LogP) is 4.36. The summed E-state index contributed by atoms with van der Waals surface area (Å²) in [7, 11) is 0. The monoisotopic (exact) mass is 468 g/mol. The van der Waals surface area contributed by atoms with Gasteiger partial charge in [0.05, 0.1) is 12.2 Å². The lowest BCUT2D eigenvalue weighted by molar-refractivity contribution is -0.134. The Balaban J connectivity index is 1.49. The third-order valence-corrected chi connectivity index (χ3v) is 8.04. The van der Waals surface area contributed by atoms with Crippen molar-refractivity contribution in [3.8, 4) is 0 Å². The van der Waals surface area contributed by atoms with E-state index in [4.69, 9.17) is 5.10 Å². The van der Waals surface area contributed by atoms with Crippen LogP contribution in [0.1, 0.15) is 67.2 Å². The molecule has 1 aromatic heterocycles. The standard InChI is InChI=1S/C25H29FN4O2S/c1-25(24(32)27-19-9-3-2-4-10-19)16-30-21(14-20(28-30)22-11-6-12-33-22)23(31)29(25)15-17-7-5-8-18(26)13-17/h5,7-8,11,13-14,19H,2-4,6,9-10,12,15-16H2,1H3,(H,27,32). The molecule has 33 heavy (non-hydrogen) atoms. The highest BCUT2D eigenvalue weighted by Crippen LogP contribution is 2.36. The summed E-state index contributed by atoms with van der Waals surface area (Å²) < 4.78 is 15.6. The molecule has 2 aliphatic heterocycles. The fourth-order valence-electron chi connectivity index (χ4n) is 5.01.